The Morgan fingerprint density at radius 3 is 2.70 bits per heavy atom. The van der Waals surface area contributed by atoms with Crippen LogP contribution in [0, 0.1) is 5.82 Å². The van der Waals surface area contributed by atoms with Crippen LogP contribution in [-0.4, -0.2) is 87.8 Å². The molecule has 0 bridgehead atoms. The summed E-state index contributed by atoms with van der Waals surface area (Å²) in [6.07, 6.45) is 6.19. The lowest BCUT2D eigenvalue weighted by Gasteiger charge is -2.40. The molecule has 224 valence electrons. The summed E-state index contributed by atoms with van der Waals surface area (Å²) < 4.78 is 29.6. The van der Waals surface area contributed by atoms with Gasteiger partial charge in [0.05, 0.1) is 19.8 Å². The summed E-state index contributed by atoms with van der Waals surface area (Å²) in [5.41, 5.74) is 4.28. The molecule has 0 atom stereocenters. The Kier molecular flexibility index (Phi) is 7.49. The van der Waals surface area contributed by atoms with Crippen molar-refractivity contribution in [2.45, 2.75) is 31.8 Å². The van der Waals surface area contributed by atoms with E-state index in [1.165, 1.54) is 6.07 Å². The highest BCUT2D eigenvalue weighted by atomic mass is 19.1. The van der Waals surface area contributed by atoms with Crippen molar-refractivity contribution in [3.05, 3.63) is 59.2 Å². The number of rotatable bonds is 7. The van der Waals surface area contributed by atoms with Crippen LogP contribution in [0.3, 0.4) is 0 Å². The highest BCUT2D eigenvalue weighted by Gasteiger charge is 2.27. The van der Waals surface area contributed by atoms with Crippen LogP contribution >= 0.6 is 0 Å². The van der Waals surface area contributed by atoms with E-state index in [4.69, 9.17) is 9.47 Å². The van der Waals surface area contributed by atoms with Crippen LogP contribution in [0.5, 0.6) is 5.75 Å². The first-order valence-electron chi connectivity index (χ1n) is 14.7. The van der Waals surface area contributed by atoms with Crippen molar-refractivity contribution >= 4 is 24.1 Å². The van der Waals surface area contributed by atoms with Gasteiger partial charge in [-0.1, -0.05) is 0 Å². The molecular weight excluding hydrogens is 551 g/mol. The summed E-state index contributed by atoms with van der Waals surface area (Å²) in [7, 11) is 1.84. The van der Waals surface area contributed by atoms with E-state index in [-0.39, 0.29) is 12.4 Å². The van der Waals surface area contributed by atoms with Gasteiger partial charge in [-0.25, -0.2) is 14.4 Å². The number of pyridine rings is 1. The lowest BCUT2D eigenvalue weighted by Crippen LogP contribution is -2.49. The van der Waals surface area contributed by atoms with Crippen molar-refractivity contribution in [2.75, 3.05) is 56.2 Å². The first-order chi connectivity index (χ1) is 21.1. The molecule has 2 saturated heterocycles. The average Bonchev–Trinajstić information content (AvgIpc) is 3.73. The minimum atomic E-state index is -0.270. The van der Waals surface area contributed by atoms with Crippen molar-refractivity contribution < 1.29 is 13.9 Å². The number of anilines is 2. The van der Waals surface area contributed by atoms with Crippen molar-refractivity contribution in [1.29, 1.82) is 0 Å². The maximum atomic E-state index is 14.7. The Balaban J connectivity index is 1.16. The zero-order valence-corrected chi connectivity index (χ0v) is 24.2. The minimum absolute atomic E-state index is 0.255. The Labute approximate surface area is 248 Å². The number of piperidine rings is 1. The smallest absolute Gasteiger partial charge is 0.204 e. The highest BCUT2D eigenvalue weighted by molar-refractivity contribution is 5.78. The molecule has 2 fully saturated rings. The Hall–Kier alpha value is -4.36. The monoisotopic (exact) mass is 586 g/mol. The second-order valence-corrected chi connectivity index (χ2v) is 11.0. The van der Waals surface area contributed by atoms with Crippen LogP contribution in [0.2, 0.25) is 0 Å². The third-order valence-corrected chi connectivity index (χ3v) is 8.77. The predicted molar refractivity (Wildman–Crippen MR) is 161 cm³/mol. The third kappa shape index (κ3) is 5.12. The van der Waals surface area contributed by atoms with E-state index in [2.05, 4.69) is 53.2 Å². The number of aromatic nitrogens is 5. The lowest BCUT2D eigenvalue weighted by atomic mass is 10.0. The highest BCUT2D eigenvalue weighted by Crippen LogP contribution is 2.31. The summed E-state index contributed by atoms with van der Waals surface area (Å²) in [6, 6.07) is 7.85. The molecule has 0 unspecified atom stereocenters. The molecule has 12 nitrogen and oxygen atoms in total. The molecule has 3 aromatic heterocycles. The first-order valence-corrected chi connectivity index (χ1v) is 14.7. The van der Waals surface area contributed by atoms with Gasteiger partial charge in [-0.15, -0.1) is 5.10 Å². The Morgan fingerprint density at radius 1 is 1.05 bits per heavy atom. The van der Waals surface area contributed by atoms with Crippen LogP contribution in [-0.2, 0) is 24.8 Å². The summed E-state index contributed by atoms with van der Waals surface area (Å²) in [5, 5.41) is 16.1. The van der Waals surface area contributed by atoms with Crippen LogP contribution in [0.25, 0.3) is 16.8 Å². The van der Waals surface area contributed by atoms with Gasteiger partial charge in [0.1, 0.15) is 23.7 Å². The number of halogens is 1. The van der Waals surface area contributed by atoms with Crippen LogP contribution in [0.1, 0.15) is 24.0 Å². The molecule has 0 radical (unpaired) electrons. The van der Waals surface area contributed by atoms with Gasteiger partial charge < -0.3 is 19.7 Å². The molecule has 43 heavy (non-hydrogen) atoms. The summed E-state index contributed by atoms with van der Waals surface area (Å²) in [4.78, 5) is 14.3. The molecule has 3 aliphatic heterocycles. The minimum Gasteiger partial charge on any atom is -0.493 e. The molecular formula is C30H35FN10O2. The summed E-state index contributed by atoms with van der Waals surface area (Å²) >= 11 is 0. The number of nitrogens with zero attached hydrogens (tertiary/aromatic N) is 9. The molecule has 4 aromatic rings. The summed E-state index contributed by atoms with van der Waals surface area (Å²) in [6.45, 7) is 9.97. The SMILES string of the molecule is C=N/N=c1/c(-c2ccc(N3CCC(N4CCOCC4)CC3)n3ncnc23)cnc(NCc2c(F)ccc3c2CCO3)n1C. The van der Waals surface area contributed by atoms with Gasteiger partial charge in [-0.2, -0.15) is 14.7 Å². The van der Waals surface area contributed by atoms with E-state index >= 15 is 0 Å². The zero-order valence-electron chi connectivity index (χ0n) is 24.2. The molecule has 7 rings (SSSR count). The second-order valence-electron chi connectivity index (χ2n) is 11.0. The van der Waals surface area contributed by atoms with Gasteiger partial charge in [0, 0.05) is 87.4 Å². The normalized spacial score (nSPS) is 18.2. The number of morpholine rings is 1. The maximum Gasteiger partial charge on any atom is 0.204 e. The first kappa shape index (κ1) is 27.5. The Morgan fingerprint density at radius 2 is 1.88 bits per heavy atom. The molecule has 13 heteroatoms. The fraction of sp³-hybridized carbons (Fsp3) is 0.433. The quantitative estimate of drug-likeness (QED) is 0.260. The molecule has 0 aliphatic carbocycles. The number of hydrogen-bond acceptors (Lipinski definition) is 10. The Bertz CT molecular complexity index is 1720. The van der Waals surface area contributed by atoms with Crippen molar-refractivity contribution in [3.8, 4) is 16.9 Å². The largest absolute Gasteiger partial charge is 0.493 e. The lowest BCUT2D eigenvalue weighted by molar-refractivity contribution is 0.0114. The van der Waals surface area contributed by atoms with Gasteiger partial charge in [0.15, 0.2) is 11.1 Å². The second kappa shape index (κ2) is 11.7. The van der Waals surface area contributed by atoms with Crippen LogP contribution in [0.15, 0.2) is 47.0 Å². The van der Waals surface area contributed by atoms with Gasteiger partial charge in [0.25, 0.3) is 0 Å². The fourth-order valence-electron chi connectivity index (χ4n) is 6.52. The number of fused-ring (bicyclic) bond motifs is 2. The van der Waals surface area contributed by atoms with E-state index in [9.17, 15) is 4.39 Å². The fourth-order valence-corrected chi connectivity index (χ4v) is 6.52. The molecule has 0 amide bonds. The standard InChI is InChI=1S/C30H35FN10O2/c1-32-37-29-24(18-34-30(38(29)2)33-17-23-21-9-14-43-26(21)5-4-25(23)31)22-3-6-27(41-28(22)35-19-36-41)40-10-7-20(8-11-40)39-12-15-42-16-13-39/h3-6,18-20H,1,7-17H2,2H3,(H,33,34)/b37-29-. The number of ether oxygens (including phenoxy) is 2. The third-order valence-electron chi connectivity index (χ3n) is 8.77. The molecule has 6 heterocycles. The maximum absolute atomic E-state index is 14.7. The molecule has 0 saturated carbocycles. The molecule has 3 aliphatic rings. The van der Waals surface area contributed by atoms with Gasteiger partial charge in [-0.05, 0) is 37.1 Å². The van der Waals surface area contributed by atoms with E-state index in [0.717, 1.165) is 80.5 Å². The average molecular weight is 587 g/mol. The van der Waals surface area contributed by atoms with Gasteiger partial charge in [0.2, 0.25) is 5.95 Å². The number of benzene rings is 1. The van der Waals surface area contributed by atoms with E-state index in [1.54, 1.807) is 23.2 Å². The molecule has 0 spiro atoms. The van der Waals surface area contributed by atoms with Crippen LogP contribution < -0.4 is 20.4 Å². The van der Waals surface area contributed by atoms with E-state index < -0.39 is 0 Å². The molecule has 1 aromatic carbocycles. The molecule has 1 N–H and O–H groups in total. The van der Waals surface area contributed by atoms with E-state index in [1.807, 2.05) is 17.6 Å². The topological polar surface area (TPSA) is 110 Å². The predicted octanol–water partition coefficient (Wildman–Crippen LogP) is 2.63. The van der Waals surface area contributed by atoms with Gasteiger partial charge in [-0.3, -0.25) is 9.47 Å². The van der Waals surface area contributed by atoms with Crippen molar-refractivity contribution in [1.82, 2.24) is 29.0 Å². The van der Waals surface area contributed by atoms with E-state index in [0.29, 0.717) is 41.7 Å². The van der Waals surface area contributed by atoms with Crippen molar-refractivity contribution in [3.63, 3.8) is 0 Å². The van der Waals surface area contributed by atoms with Crippen LogP contribution in [0.4, 0.5) is 16.2 Å². The number of nitrogens with one attached hydrogen (secondary N) is 1. The zero-order chi connectivity index (χ0) is 29.3. The summed E-state index contributed by atoms with van der Waals surface area (Å²) in [5.74, 6) is 1.99. The van der Waals surface area contributed by atoms with Crippen molar-refractivity contribution in [2.24, 2.45) is 17.3 Å². The van der Waals surface area contributed by atoms with Gasteiger partial charge >= 0.3 is 0 Å². The number of hydrogen-bond donors (Lipinski definition) is 1.